The van der Waals surface area contributed by atoms with Crippen molar-refractivity contribution in [2.45, 2.75) is 17.3 Å². The fourth-order valence-corrected chi connectivity index (χ4v) is 4.24. The van der Waals surface area contributed by atoms with Crippen LogP contribution in [0.4, 0.5) is 0 Å². The van der Waals surface area contributed by atoms with Gasteiger partial charge in [-0.2, -0.15) is 11.8 Å². The van der Waals surface area contributed by atoms with Gasteiger partial charge in [-0.1, -0.05) is 0 Å². The first-order valence-corrected chi connectivity index (χ1v) is 7.50. The summed E-state index contributed by atoms with van der Waals surface area (Å²) in [6.07, 6.45) is 3.48. The third-order valence-electron chi connectivity index (χ3n) is 3.09. The topological polar surface area (TPSA) is 29.5 Å². The molecule has 5 heteroatoms. The number of nitrogens with zero attached hydrogens (tertiary/aromatic N) is 1. The van der Waals surface area contributed by atoms with E-state index in [4.69, 9.17) is 4.74 Å². The molecule has 0 aromatic rings. The maximum Gasteiger partial charge on any atom is 0.232 e. The number of ether oxygens (including phenoxy) is 1. The highest BCUT2D eigenvalue weighted by atomic mass is 32.2. The number of hydrogen-bond acceptors (Lipinski definition) is 4. The van der Waals surface area contributed by atoms with Crippen molar-refractivity contribution in [2.75, 3.05) is 38.0 Å². The fraction of sp³-hybridized carbons (Fsp3) is 0.900. The lowest BCUT2D eigenvalue weighted by Crippen LogP contribution is -2.61. The lowest BCUT2D eigenvalue weighted by Gasteiger charge is -2.47. The van der Waals surface area contributed by atoms with Crippen molar-refractivity contribution >= 4 is 29.4 Å². The van der Waals surface area contributed by atoms with Gasteiger partial charge in [0, 0.05) is 26.0 Å². The largest absolute Gasteiger partial charge is 0.381 e. The summed E-state index contributed by atoms with van der Waals surface area (Å²) < 4.78 is 5.69. The zero-order valence-corrected chi connectivity index (χ0v) is 10.8. The quantitative estimate of drug-likeness (QED) is 0.746. The minimum atomic E-state index is 0.287. The monoisotopic (exact) mass is 247 g/mol. The number of methoxy groups -OCH3 is 1. The zero-order chi connectivity index (χ0) is 10.9. The molecule has 1 amide bonds. The van der Waals surface area contributed by atoms with Crippen LogP contribution in [0, 0.1) is 0 Å². The van der Waals surface area contributed by atoms with Gasteiger partial charge < -0.3 is 9.64 Å². The Kier molecular flexibility index (Phi) is 3.52. The van der Waals surface area contributed by atoms with E-state index < -0.39 is 0 Å². The minimum Gasteiger partial charge on any atom is -0.381 e. The Balaban J connectivity index is 1.80. The van der Waals surface area contributed by atoms with Gasteiger partial charge in [0.05, 0.1) is 16.6 Å². The van der Waals surface area contributed by atoms with Gasteiger partial charge in [0.25, 0.3) is 0 Å². The van der Waals surface area contributed by atoms with Crippen LogP contribution in [0.1, 0.15) is 6.42 Å². The van der Waals surface area contributed by atoms with Crippen LogP contribution >= 0.6 is 23.5 Å². The van der Waals surface area contributed by atoms with Gasteiger partial charge in [-0.15, -0.1) is 11.8 Å². The molecule has 0 radical (unpaired) electrons. The number of thioether (sulfide) groups is 2. The summed E-state index contributed by atoms with van der Waals surface area (Å²) in [6, 6.07) is 0. The summed E-state index contributed by atoms with van der Waals surface area (Å²) in [7, 11) is 1.78. The number of likely N-dealkylation sites (tertiary alicyclic amines) is 1. The number of rotatable bonds is 3. The molecule has 2 aliphatic rings. The Labute approximate surface area is 99.3 Å². The molecule has 2 aliphatic heterocycles. The Hall–Kier alpha value is 0.130. The van der Waals surface area contributed by atoms with Gasteiger partial charge in [-0.3, -0.25) is 4.79 Å². The van der Waals surface area contributed by atoms with E-state index in [1.54, 1.807) is 18.9 Å². The molecule has 1 spiro atoms. The van der Waals surface area contributed by atoms with Crippen molar-refractivity contribution in [3.05, 3.63) is 0 Å². The maximum atomic E-state index is 11.6. The van der Waals surface area contributed by atoms with Gasteiger partial charge in [0.1, 0.15) is 0 Å². The van der Waals surface area contributed by atoms with E-state index in [-0.39, 0.29) is 5.91 Å². The molecule has 0 unspecified atom stereocenters. The summed E-state index contributed by atoms with van der Waals surface area (Å²) >= 11 is 3.58. The van der Waals surface area contributed by atoms with Crippen molar-refractivity contribution < 1.29 is 9.53 Å². The van der Waals surface area contributed by atoms with Crippen molar-refractivity contribution in [1.29, 1.82) is 0 Å². The van der Waals surface area contributed by atoms with Crippen LogP contribution in [0.5, 0.6) is 0 Å². The molecule has 3 nitrogen and oxygen atoms in total. The van der Waals surface area contributed by atoms with Crippen LogP contribution in [0.15, 0.2) is 0 Å². The highest BCUT2D eigenvalue weighted by molar-refractivity contribution is 8.01. The fourth-order valence-electron chi connectivity index (χ4n) is 2.21. The SMILES string of the molecule is CO[C@H]1CSC2(C1)CN(C(=O)CSC)C2. The molecule has 86 valence electrons. The lowest BCUT2D eigenvalue weighted by molar-refractivity contribution is -0.133. The van der Waals surface area contributed by atoms with Crippen LogP contribution < -0.4 is 0 Å². The van der Waals surface area contributed by atoms with Gasteiger partial charge in [0.15, 0.2) is 0 Å². The third kappa shape index (κ3) is 2.29. The molecule has 0 aliphatic carbocycles. The first-order valence-electron chi connectivity index (χ1n) is 5.12. The molecular weight excluding hydrogens is 230 g/mol. The van der Waals surface area contributed by atoms with E-state index in [0.717, 1.165) is 25.3 Å². The first-order chi connectivity index (χ1) is 7.19. The Morgan fingerprint density at radius 2 is 2.40 bits per heavy atom. The van der Waals surface area contributed by atoms with E-state index in [2.05, 4.69) is 0 Å². The Morgan fingerprint density at radius 3 is 2.93 bits per heavy atom. The first kappa shape index (κ1) is 11.6. The van der Waals surface area contributed by atoms with E-state index >= 15 is 0 Å². The summed E-state index contributed by atoms with van der Waals surface area (Å²) in [5.74, 6) is 1.99. The molecule has 0 aromatic carbocycles. The molecule has 0 saturated carbocycles. The van der Waals surface area contributed by atoms with Gasteiger partial charge in [-0.05, 0) is 12.7 Å². The second-order valence-corrected chi connectivity index (χ2v) is 6.59. The number of carbonyl (C=O) groups excluding carboxylic acids is 1. The highest BCUT2D eigenvalue weighted by Crippen LogP contribution is 2.45. The predicted molar refractivity (Wildman–Crippen MR) is 65.6 cm³/mol. The Bertz CT molecular complexity index is 254. The third-order valence-corrected chi connectivity index (χ3v) is 5.20. The number of hydrogen-bond donors (Lipinski definition) is 0. The average molecular weight is 247 g/mol. The average Bonchev–Trinajstić information content (AvgIpc) is 2.59. The lowest BCUT2D eigenvalue weighted by atomic mass is 9.93. The van der Waals surface area contributed by atoms with Crippen molar-refractivity contribution in [3.63, 3.8) is 0 Å². The molecule has 2 heterocycles. The zero-order valence-electron chi connectivity index (χ0n) is 9.19. The summed E-state index contributed by atoms with van der Waals surface area (Å²) in [4.78, 5) is 13.6. The predicted octanol–water partition coefficient (Wildman–Crippen LogP) is 1.08. The van der Waals surface area contributed by atoms with Gasteiger partial charge >= 0.3 is 0 Å². The molecular formula is C10H17NO2S2. The molecule has 15 heavy (non-hydrogen) atoms. The molecule has 0 N–H and O–H groups in total. The molecule has 2 fully saturated rings. The molecule has 2 rings (SSSR count). The highest BCUT2D eigenvalue weighted by Gasteiger charge is 2.50. The maximum absolute atomic E-state index is 11.6. The van der Waals surface area contributed by atoms with Crippen LogP contribution in [-0.4, -0.2) is 59.6 Å². The Morgan fingerprint density at radius 1 is 1.67 bits per heavy atom. The normalized spacial score (nSPS) is 28.1. The van der Waals surface area contributed by atoms with E-state index in [9.17, 15) is 4.79 Å². The smallest absolute Gasteiger partial charge is 0.232 e. The summed E-state index contributed by atoms with van der Waals surface area (Å²) in [5.41, 5.74) is 0. The molecule has 2 saturated heterocycles. The van der Waals surface area contributed by atoms with Gasteiger partial charge in [0.2, 0.25) is 5.91 Å². The van der Waals surface area contributed by atoms with Crippen molar-refractivity contribution in [2.24, 2.45) is 0 Å². The van der Waals surface area contributed by atoms with Crippen LogP contribution in [-0.2, 0) is 9.53 Å². The van der Waals surface area contributed by atoms with Crippen LogP contribution in [0.2, 0.25) is 0 Å². The summed E-state index contributed by atoms with van der Waals surface area (Å²) in [5, 5.41) is 0. The van der Waals surface area contributed by atoms with Crippen molar-refractivity contribution in [1.82, 2.24) is 4.90 Å². The standard InChI is InChI=1S/C10H17NO2S2/c1-13-8-3-10(15-4-8)6-11(7-10)9(12)5-14-2/h8H,3-7H2,1-2H3/t8-/m1/s1. The van der Waals surface area contributed by atoms with E-state index in [1.807, 2.05) is 22.9 Å². The molecule has 0 bridgehead atoms. The summed E-state index contributed by atoms with van der Waals surface area (Å²) in [6.45, 7) is 1.86. The van der Waals surface area contributed by atoms with Crippen molar-refractivity contribution in [3.8, 4) is 0 Å². The van der Waals surface area contributed by atoms with Gasteiger partial charge in [-0.25, -0.2) is 0 Å². The molecule has 0 aromatic heterocycles. The second kappa shape index (κ2) is 4.55. The van der Waals surface area contributed by atoms with E-state index in [1.165, 1.54) is 0 Å². The number of amides is 1. The number of carbonyl (C=O) groups is 1. The second-order valence-electron chi connectivity index (χ2n) is 4.24. The molecule has 1 atom stereocenters. The van der Waals surface area contributed by atoms with Crippen LogP contribution in [0.3, 0.4) is 0 Å². The minimum absolute atomic E-state index is 0.287. The van der Waals surface area contributed by atoms with E-state index in [0.29, 0.717) is 16.6 Å². The van der Waals surface area contributed by atoms with Crippen LogP contribution in [0.25, 0.3) is 0 Å².